The Labute approximate surface area is 132 Å². The molecule has 1 aliphatic rings. The highest BCUT2D eigenvalue weighted by molar-refractivity contribution is 5.98. The molecule has 22 heavy (non-hydrogen) atoms. The van der Waals surface area contributed by atoms with Crippen LogP contribution in [0.4, 0.5) is 0 Å². The summed E-state index contributed by atoms with van der Waals surface area (Å²) in [6, 6.07) is -0.221. The summed E-state index contributed by atoms with van der Waals surface area (Å²) < 4.78 is 10.8. The Morgan fingerprint density at radius 2 is 1.45 bits per heavy atom. The Kier molecular flexibility index (Phi) is 5.10. The second-order valence-corrected chi connectivity index (χ2v) is 7.51. The maximum atomic E-state index is 12.3. The molecule has 0 aliphatic carbocycles. The molecule has 1 aliphatic heterocycles. The Hall–Kier alpha value is -1.78. The average molecular weight is 309 g/mol. The predicted molar refractivity (Wildman–Crippen MR) is 85.1 cm³/mol. The maximum Gasteiger partial charge on any atom is 0.340 e. The van der Waals surface area contributed by atoms with Gasteiger partial charge in [0.2, 0.25) is 0 Å². The summed E-state index contributed by atoms with van der Waals surface area (Å²) in [6.07, 6.45) is 1.57. The van der Waals surface area contributed by atoms with E-state index in [0.29, 0.717) is 16.8 Å². The number of carbonyl (C=O) groups excluding carboxylic acids is 2. The van der Waals surface area contributed by atoms with Gasteiger partial charge in [0.25, 0.3) is 0 Å². The number of esters is 2. The van der Waals surface area contributed by atoms with Crippen LogP contribution in [-0.2, 0) is 19.1 Å². The number of nitrogens with one attached hydrogen (secondary N) is 1. The molecular formula is C17H27NO4. The maximum absolute atomic E-state index is 12.3. The van der Waals surface area contributed by atoms with Crippen molar-refractivity contribution in [2.45, 2.75) is 72.6 Å². The molecule has 5 heteroatoms. The molecule has 0 aromatic carbocycles. The molecule has 0 fully saturated rings. The van der Waals surface area contributed by atoms with Crippen LogP contribution in [0.2, 0.25) is 0 Å². The molecule has 0 aromatic rings. The Balaban J connectivity index is 3.06. The smallest absolute Gasteiger partial charge is 0.340 e. The number of ether oxygens (including phenoxy) is 2. The van der Waals surface area contributed by atoms with Crippen LogP contribution in [0.1, 0.15) is 55.4 Å². The molecule has 0 saturated heterocycles. The van der Waals surface area contributed by atoms with E-state index in [9.17, 15) is 9.59 Å². The van der Waals surface area contributed by atoms with Crippen molar-refractivity contribution in [3.63, 3.8) is 0 Å². The van der Waals surface area contributed by atoms with Gasteiger partial charge in [0.05, 0.1) is 17.2 Å². The van der Waals surface area contributed by atoms with Crippen molar-refractivity contribution >= 4 is 11.9 Å². The molecule has 0 spiro atoms. The first-order valence-electron chi connectivity index (χ1n) is 7.46. The number of rotatable bonds is 2. The fraction of sp³-hybridized carbons (Fsp3) is 0.647. The van der Waals surface area contributed by atoms with E-state index in [1.54, 1.807) is 33.8 Å². The lowest BCUT2D eigenvalue weighted by atomic mass is 9.98. The van der Waals surface area contributed by atoms with Gasteiger partial charge in [-0.1, -0.05) is 0 Å². The average Bonchev–Trinajstić information content (AvgIpc) is 2.23. The van der Waals surface area contributed by atoms with Crippen LogP contribution in [0.3, 0.4) is 0 Å². The van der Waals surface area contributed by atoms with E-state index in [-0.39, 0.29) is 6.04 Å². The van der Waals surface area contributed by atoms with Gasteiger partial charge in [-0.2, -0.15) is 0 Å². The molecule has 1 unspecified atom stereocenters. The number of carbonyl (C=O) groups is 2. The van der Waals surface area contributed by atoms with Crippen LogP contribution in [0.15, 0.2) is 22.9 Å². The van der Waals surface area contributed by atoms with E-state index in [1.807, 2.05) is 27.7 Å². The molecule has 1 rings (SSSR count). The Morgan fingerprint density at radius 1 is 1.00 bits per heavy atom. The van der Waals surface area contributed by atoms with Crippen molar-refractivity contribution in [3.05, 3.63) is 22.9 Å². The second kappa shape index (κ2) is 6.15. The van der Waals surface area contributed by atoms with Gasteiger partial charge in [-0.05, 0) is 61.5 Å². The van der Waals surface area contributed by atoms with Crippen LogP contribution in [-0.4, -0.2) is 29.2 Å². The fourth-order valence-corrected chi connectivity index (χ4v) is 1.99. The van der Waals surface area contributed by atoms with Crippen molar-refractivity contribution in [3.8, 4) is 0 Å². The lowest BCUT2D eigenvalue weighted by Crippen LogP contribution is -2.38. The molecule has 0 radical (unpaired) electrons. The van der Waals surface area contributed by atoms with Gasteiger partial charge in [0.1, 0.15) is 11.2 Å². The zero-order valence-corrected chi connectivity index (χ0v) is 14.8. The van der Waals surface area contributed by atoms with Gasteiger partial charge in [0, 0.05) is 5.70 Å². The third-order valence-electron chi connectivity index (χ3n) is 2.86. The monoisotopic (exact) mass is 309 g/mol. The van der Waals surface area contributed by atoms with Gasteiger partial charge < -0.3 is 14.8 Å². The quantitative estimate of drug-likeness (QED) is 0.795. The standard InChI is InChI=1S/C17H27NO4/c1-10-12(14(19)21-16(3,4)5)9-13(11(2)18-10)15(20)22-17(6,7)8/h9-10,18H,1-8H3. The van der Waals surface area contributed by atoms with Crippen LogP contribution in [0.5, 0.6) is 0 Å². The molecule has 124 valence electrons. The van der Waals surface area contributed by atoms with Crippen molar-refractivity contribution in [2.24, 2.45) is 0 Å². The SMILES string of the molecule is CC1=C(C(=O)OC(C)(C)C)C=C(C(=O)OC(C)(C)C)C(C)N1. The minimum absolute atomic E-state index is 0.221. The zero-order chi connectivity index (χ0) is 17.3. The minimum atomic E-state index is -0.590. The normalized spacial score (nSPS) is 19.3. The van der Waals surface area contributed by atoms with Crippen molar-refractivity contribution in [1.29, 1.82) is 0 Å². The van der Waals surface area contributed by atoms with Crippen LogP contribution < -0.4 is 5.32 Å². The third-order valence-corrected chi connectivity index (χ3v) is 2.86. The van der Waals surface area contributed by atoms with E-state index in [1.165, 1.54) is 0 Å². The number of allylic oxidation sites excluding steroid dienone is 1. The highest BCUT2D eigenvalue weighted by Gasteiger charge is 2.30. The summed E-state index contributed by atoms with van der Waals surface area (Å²) in [6.45, 7) is 14.5. The summed E-state index contributed by atoms with van der Waals surface area (Å²) in [4.78, 5) is 24.5. The van der Waals surface area contributed by atoms with Crippen LogP contribution >= 0.6 is 0 Å². The molecule has 1 atom stereocenters. The highest BCUT2D eigenvalue weighted by atomic mass is 16.6. The molecule has 0 saturated carbocycles. The summed E-state index contributed by atoms with van der Waals surface area (Å²) in [5.74, 6) is -0.883. The van der Waals surface area contributed by atoms with E-state index in [2.05, 4.69) is 5.32 Å². The van der Waals surface area contributed by atoms with Gasteiger partial charge in [-0.3, -0.25) is 0 Å². The lowest BCUT2D eigenvalue weighted by Gasteiger charge is -2.28. The number of hydrogen-bond acceptors (Lipinski definition) is 5. The number of hydrogen-bond donors (Lipinski definition) is 1. The summed E-state index contributed by atoms with van der Waals surface area (Å²) in [5, 5.41) is 3.12. The predicted octanol–water partition coefficient (Wildman–Crippen LogP) is 2.86. The topological polar surface area (TPSA) is 64.6 Å². The zero-order valence-electron chi connectivity index (χ0n) is 14.8. The van der Waals surface area contributed by atoms with Gasteiger partial charge in [0.15, 0.2) is 0 Å². The Morgan fingerprint density at radius 3 is 1.91 bits per heavy atom. The van der Waals surface area contributed by atoms with E-state index in [4.69, 9.17) is 9.47 Å². The highest BCUT2D eigenvalue weighted by Crippen LogP contribution is 2.23. The summed E-state index contributed by atoms with van der Waals surface area (Å²) in [5.41, 5.74) is 0.289. The molecule has 5 nitrogen and oxygen atoms in total. The van der Waals surface area contributed by atoms with Crippen molar-refractivity contribution in [2.75, 3.05) is 0 Å². The van der Waals surface area contributed by atoms with Gasteiger partial charge >= 0.3 is 11.9 Å². The molecule has 1 heterocycles. The Bertz CT molecular complexity index is 530. The first-order valence-corrected chi connectivity index (χ1v) is 7.46. The van der Waals surface area contributed by atoms with Gasteiger partial charge in [-0.15, -0.1) is 0 Å². The largest absolute Gasteiger partial charge is 0.457 e. The molecule has 0 bridgehead atoms. The number of dihydropyridines is 1. The van der Waals surface area contributed by atoms with Crippen molar-refractivity contribution in [1.82, 2.24) is 5.32 Å². The first-order chi connectivity index (χ1) is 9.80. The van der Waals surface area contributed by atoms with E-state index < -0.39 is 23.1 Å². The lowest BCUT2D eigenvalue weighted by molar-refractivity contribution is -0.150. The fourth-order valence-electron chi connectivity index (χ4n) is 1.99. The molecule has 1 N–H and O–H groups in total. The van der Waals surface area contributed by atoms with E-state index >= 15 is 0 Å². The van der Waals surface area contributed by atoms with Crippen molar-refractivity contribution < 1.29 is 19.1 Å². The molecule has 0 aromatic heterocycles. The summed E-state index contributed by atoms with van der Waals surface area (Å²) >= 11 is 0. The minimum Gasteiger partial charge on any atom is -0.457 e. The second-order valence-electron chi connectivity index (χ2n) is 7.51. The van der Waals surface area contributed by atoms with Crippen LogP contribution in [0.25, 0.3) is 0 Å². The summed E-state index contributed by atoms with van der Waals surface area (Å²) in [7, 11) is 0. The van der Waals surface area contributed by atoms with E-state index in [0.717, 1.165) is 0 Å². The van der Waals surface area contributed by atoms with Crippen LogP contribution in [0, 0.1) is 0 Å². The first kappa shape index (κ1) is 18.3. The third kappa shape index (κ3) is 5.20. The van der Waals surface area contributed by atoms with Gasteiger partial charge in [-0.25, -0.2) is 9.59 Å². The molecular weight excluding hydrogens is 282 g/mol. The molecule has 0 amide bonds.